The smallest absolute Gasteiger partial charge is 0.184 e. The Morgan fingerprint density at radius 2 is 2.56 bits per heavy atom. The fraction of sp³-hybridized carbons (Fsp3) is 0.500. The molecule has 0 heterocycles. The van der Waals surface area contributed by atoms with Crippen LogP contribution >= 0.6 is 24.0 Å². The molecule has 1 atom stereocenters. The summed E-state index contributed by atoms with van der Waals surface area (Å²) in [5.74, 6) is 0.634. The van der Waals surface area contributed by atoms with Gasteiger partial charge in [-0.05, 0) is 54.7 Å². The van der Waals surface area contributed by atoms with E-state index < -0.39 is 0 Å². The predicted molar refractivity (Wildman–Crippen MR) is 71.7 cm³/mol. The average molecular weight is 254 g/mol. The van der Waals surface area contributed by atoms with E-state index >= 15 is 0 Å². The van der Waals surface area contributed by atoms with Crippen molar-refractivity contribution in [2.45, 2.75) is 26.2 Å². The molecule has 0 spiro atoms. The molecule has 0 bridgehead atoms. The summed E-state index contributed by atoms with van der Waals surface area (Å²) in [6.07, 6.45) is 4.75. The first kappa shape index (κ1) is 13.0. The summed E-state index contributed by atoms with van der Waals surface area (Å²) >= 11 is 5.87. The van der Waals surface area contributed by atoms with E-state index in [1.54, 1.807) is 6.21 Å². The zero-order valence-corrected chi connectivity index (χ0v) is 10.7. The van der Waals surface area contributed by atoms with E-state index in [9.17, 15) is 0 Å². The molecule has 3 N–H and O–H groups in total. The third-order valence-electron chi connectivity index (χ3n) is 2.35. The van der Waals surface area contributed by atoms with E-state index in [-0.39, 0.29) is 5.11 Å². The van der Waals surface area contributed by atoms with Crippen LogP contribution in [0.2, 0.25) is 0 Å². The summed E-state index contributed by atoms with van der Waals surface area (Å²) in [7, 11) is 0. The first-order chi connectivity index (χ1) is 7.63. The number of thiocarbonyl (C=S) groups is 1. The van der Waals surface area contributed by atoms with Gasteiger partial charge in [0.1, 0.15) is 5.40 Å². The van der Waals surface area contributed by atoms with Gasteiger partial charge in [-0.1, -0.05) is 6.92 Å². The number of rotatable bonds is 3. The average Bonchev–Trinajstić information content (AvgIpc) is 2.21. The molecule has 0 amide bonds. The van der Waals surface area contributed by atoms with Crippen LogP contribution in [-0.2, 0) is 0 Å². The molecule has 1 aliphatic carbocycles. The minimum Gasteiger partial charge on any atom is -0.375 e. The van der Waals surface area contributed by atoms with Gasteiger partial charge in [-0.15, -0.1) is 0 Å². The fourth-order valence-electron chi connectivity index (χ4n) is 1.60. The van der Waals surface area contributed by atoms with E-state index in [1.165, 1.54) is 11.8 Å². The number of thioether (sulfide) groups is 1. The van der Waals surface area contributed by atoms with Crippen LogP contribution in [0.5, 0.6) is 0 Å². The molecule has 0 saturated heterocycles. The summed E-state index contributed by atoms with van der Waals surface area (Å²) < 4.78 is 0. The Morgan fingerprint density at radius 1 is 1.81 bits per heavy atom. The summed E-state index contributed by atoms with van der Waals surface area (Å²) in [6.45, 7) is 2.20. The standard InChI is InChI=1S/C10H14N4S2/c1-7-2-3-9(16-6-11)8(4-7)5-13-14-10(12)15/h5,7H,2-4H2,1H3,(H3,12,14,15)/b13-5-/t7-/m1/s1. The predicted octanol–water partition coefficient (Wildman–Crippen LogP) is 2.09. The Labute approximate surface area is 105 Å². The lowest BCUT2D eigenvalue weighted by atomic mass is 9.91. The normalized spacial score (nSPS) is 20.9. The van der Waals surface area contributed by atoms with Crippen LogP contribution in [0.4, 0.5) is 0 Å². The van der Waals surface area contributed by atoms with Crippen LogP contribution in [-0.4, -0.2) is 11.3 Å². The summed E-state index contributed by atoms with van der Waals surface area (Å²) in [5.41, 5.74) is 8.89. The molecule has 0 fully saturated rings. The number of nitriles is 1. The van der Waals surface area contributed by atoms with Gasteiger partial charge >= 0.3 is 0 Å². The Kier molecular flexibility index (Phi) is 5.29. The number of thiocyanates is 1. The molecule has 16 heavy (non-hydrogen) atoms. The van der Waals surface area contributed by atoms with Crippen molar-refractivity contribution in [3.8, 4) is 5.40 Å². The van der Waals surface area contributed by atoms with E-state index in [0.29, 0.717) is 5.92 Å². The van der Waals surface area contributed by atoms with Gasteiger partial charge in [0.05, 0.1) is 6.21 Å². The Morgan fingerprint density at radius 3 is 3.19 bits per heavy atom. The van der Waals surface area contributed by atoms with Crippen LogP contribution in [0.1, 0.15) is 26.2 Å². The maximum absolute atomic E-state index is 8.69. The summed E-state index contributed by atoms with van der Waals surface area (Å²) in [4.78, 5) is 1.11. The van der Waals surface area contributed by atoms with Crippen molar-refractivity contribution >= 4 is 35.3 Å². The first-order valence-electron chi connectivity index (χ1n) is 5.00. The summed E-state index contributed by atoms with van der Waals surface area (Å²) in [6, 6.07) is 0. The van der Waals surface area contributed by atoms with Crippen LogP contribution in [0.15, 0.2) is 15.6 Å². The van der Waals surface area contributed by atoms with Crippen molar-refractivity contribution in [3.63, 3.8) is 0 Å². The van der Waals surface area contributed by atoms with Crippen molar-refractivity contribution in [1.82, 2.24) is 5.43 Å². The molecule has 1 rings (SSSR count). The van der Waals surface area contributed by atoms with Crippen molar-refractivity contribution in [2.24, 2.45) is 16.8 Å². The van der Waals surface area contributed by atoms with Crippen molar-refractivity contribution in [1.29, 1.82) is 5.26 Å². The van der Waals surface area contributed by atoms with Crippen LogP contribution in [0.25, 0.3) is 0 Å². The van der Waals surface area contributed by atoms with Gasteiger partial charge in [-0.2, -0.15) is 10.4 Å². The van der Waals surface area contributed by atoms with Crippen molar-refractivity contribution < 1.29 is 0 Å². The first-order valence-corrected chi connectivity index (χ1v) is 6.22. The second-order valence-corrected chi connectivity index (χ2v) is 5.04. The highest BCUT2D eigenvalue weighted by Crippen LogP contribution is 2.34. The van der Waals surface area contributed by atoms with Gasteiger partial charge < -0.3 is 5.73 Å². The fourth-order valence-corrected chi connectivity index (χ4v) is 2.25. The molecule has 6 heteroatoms. The number of hydrogen-bond acceptors (Lipinski definition) is 4. The Bertz CT molecular complexity index is 368. The topological polar surface area (TPSA) is 74.2 Å². The molecule has 0 aromatic carbocycles. The van der Waals surface area contributed by atoms with Crippen LogP contribution in [0, 0.1) is 16.6 Å². The van der Waals surface area contributed by atoms with Gasteiger partial charge in [-0.3, -0.25) is 5.43 Å². The quantitative estimate of drug-likeness (QED) is 0.349. The van der Waals surface area contributed by atoms with Crippen LogP contribution < -0.4 is 11.2 Å². The molecule has 4 nitrogen and oxygen atoms in total. The number of hydrazone groups is 1. The number of nitrogens with one attached hydrogen (secondary N) is 1. The van der Waals surface area contributed by atoms with Gasteiger partial charge in [0.15, 0.2) is 5.11 Å². The lowest BCUT2D eigenvalue weighted by Gasteiger charge is -2.20. The van der Waals surface area contributed by atoms with E-state index in [1.807, 2.05) is 0 Å². The molecule has 0 aliphatic heterocycles. The maximum atomic E-state index is 8.69. The van der Waals surface area contributed by atoms with E-state index in [2.05, 4.69) is 35.1 Å². The molecule has 0 aromatic heterocycles. The monoisotopic (exact) mass is 254 g/mol. The second kappa shape index (κ2) is 6.51. The second-order valence-electron chi connectivity index (χ2n) is 3.72. The minimum atomic E-state index is 0.148. The lowest BCUT2D eigenvalue weighted by Crippen LogP contribution is -2.24. The zero-order valence-electron chi connectivity index (χ0n) is 9.06. The zero-order chi connectivity index (χ0) is 12.0. The number of nitrogens with two attached hydrogens (primary N) is 1. The van der Waals surface area contributed by atoms with Gasteiger partial charge in [0.25, 0.3) is 0 Å². The van der Waals surface area contributed by atoms with E-state index in [0.717, 1.165) is 29.7 Å². The molecule has 1 aliphatic rings. The Hall–Kier alpha value is -1.06. The van der Waals surface area contributed by atoms with E-state index in [4.69, 9.17) is 11.0 Å². The highest BCUT2D eigenvalue weighted by Gasteiger charge is 2.17. The molecule has 0 aromatic rings. The molecule has 86 valence electrons. The SMILES string of the molecule is C[C@@H]1CCC(SC#N)=C(/C=N\NC(N)=S)C1. The highest BCUT2D eigenvalue weighted by atomic mass is 32.2. The minimum absolute atomic E-state index is 0.148. The molecular formula is C10H14N4S2. The largest absolute Gasteiger partial charge is 0.375 e. The molecule has 0 radical (unpaired) electrons. The van der Waals surface area contributed by atoms with Gasteiger partial charge in [0.2, 0.25) is 0 Å². The summed E-state index contributed by atoms with van der Waals surface area (Å²) in [5, 5.41) is 14.9. The number of nitrogens with zero attached hydrogens (tertiary/aromatic N) is 2. The number of allylic oxidation sites excluding steroid dienone is 2. The maximum Gasteiger partial charge on any atom is 0.184 e. The third-order valence-corrected chi connectivity index (χ3v) is 3.25. The molecular weight excluding hydrogens is 240 g/mol. The molecule has 0 unspecified atom stereocenters. The van der Waals surface area contributed by atoms with Crippen molar-refractivity contribution in [2.75, 3.05) is 0 Å². The highest BCUT2D eigenvalue weighted by molar-refractivity contribution is 8.07. The Balaban J connectivity index is 2.73. The van der Waals surface area contributed by atoms with Gasteiger partial charge in [-0.25, -0.2) is 0 Å². The number of hydrogen-bond donors (Lipinski definition) is 2. The lowest BCUT2D eigenvalue weighted by molar-refractivity contribution is 0.516. The third kappa shape index (κ3) is 4.21. The van der Waals surface area contributed by atoms with Crippen LogP contribution in [0.3, 0.4) is 0 Å². The molecule has 0 saturated carbocycles. The van der Waals surface area contributed by atoms with Crippen molar-refractivity contribution in [3.05, 3.63) is 10.5 Å². The van der Waals surface area contributed by atoms with Gasteiger partial charge in [0, 0.05) is 4.91 Å².